The van der Waals surface area contributed by atoms with Crippen LogP contribution in [0, 0.1) is 0 Å². The molecule has 0 aliphatic carbocycles. The van der Waals surface area contributed by atoms with Crippen LogP contribution in [0.2, 0.25) is 0 Å². The van der Waals surface area contributed by atoms with Gasteiger partial charge in [-0.3, -0.25) is 4.79 Å². The lowest BCUT2D eigenvalue weighted by molar-refractivity contribution is 0.398. The van der Waals surface area contributed by atoms with Gasteiger partial charge >= 0.3 is 0 Å². The third-order valence-electron chi connectivity index (χ3n) is 2.71. The van der Waals surface area contributed by atoms with Crippen LogP contribution in [0.15, 0.2) is 23.1 Å². The van der Waals surface area contributed by atoms with Crippen molar-refractivity contribution >= 4 is 0 Å². The smallest absolute Gasteiger partial charge is 0.258 e. The maximum atomic E-state index is 11.8. The molecule has 0 aliphatic rings. The summed E-state index contributed by atoms with van der Waals surface area (Å²) in [6, 6.07) is 3.37. The molecule has 0 unspecified atom stereocenters. The van der Waals surface area contributed by atoms with E-state index < -0.39 is 0 Å². The zero-order chi connectivity index (χ0) is 13.8. The molecule has 0 saturated carbocycles. The van der Waals surface area contributed by atoms with E-state index in [1.165, 1.54) is 13.3 Å². The number of pyridine rings is 1. The second kappa shape index (κ2) is 5.51. The summed E-state index contributed by atoms with van der Waals surface area (Å²) in [6.07, 6.45) is 2.78. The Morgan fingerprint density at radius 2 is 2.21 bits per heavy atom. The second-order valence-electron chi connectivity index (χ2n) is 4.06. The molecule has 2 N–H and O–H groups in total. The van der Waals surface area contributed by atoms with Crippen molar-refractivity contribution in [3.63, 3.8) is 0 Å². The topological polar surface area (TPSA) is 88.1 Å². The first-order valence-corrected chi connectivity index (χ1v) is 5.98. The molecule has 0 aliphatic heterocycles. The molecule has 0 fully saturated rings. The van der Waals surface area contributed by atoms with Gasteiger partial charge in [0.05, 0.1) is 12.7 Å². The minimum absolute atomic E-state index is 0.226. The van der Waals surface area contributed by atoms with Crippen LogP contribution in [-0.4, -0.2) is 27.2 Å². The van der Waals surface area contributed by atoms with Crippen molar-refractivity contribution in [2.45, 2.75) is 19.8 Å². The van der Waals surface area contributed by atoms with E-state index in [2.05, 4.69) is 15.0 Å². The molecule has 0 amide bonds. The molecular formula is C13H15N3O3. The molecule has 0 radical (unpaired) electrons. The average molecular weight is 261 g/mol. The predicted molar refractivity (Wildman–Crippen MR) is 70.3 cm³/mol. The number of nitrogens with zero attached hydrogens (tertiary/aromatic N) is 2. The zero-order valence-electron chi connectivity index (χ0n) is 10.8. The second-order valence-corrected chi connectivity index (χ2v) is 4.06. The largest absolute Gasteiger partial charge is 0.493 e. The molecule has 0 saturated heterocycles. The van der Waals surface area contributed by atoms with Crippen molar-refractivity contribution in [2.75, 3.05) is 7.11 Å². The van der Waals surface area contributed by atoms with Crippen molar-refractivity contribution in [3.8, 4) is 23.1 Å². The Morgan fingerprint density at radius 1 is 1.42 bits per heavy atom. The molecule has 6 heteroatoms. The van der Waals surface area contributed by atoms with E-state index >= 15 is 0 Å². The molecule has 2 aromatic rings. The Hall–Kier alpha value is -2.37. The van der Waals surface area contributed by atoms with E-state index in [1.54, 1.807) is 12.1 Å². The molecule has 0 aromatic carbocycles. The highest BCUT2D eigenvalue weighted by atomic mass is 16.5. The number of hydrogen-bond acceptors (Lipinski definition) is 5. The molecule has 0 atom stereocenters. The van der Waals surface area contributed by atoms with Crippen molar-refractivity contribution in [1.29, 1.82) is 0 Å². The number of aromatic amines is 1. The number of rotatable bonds is 4. The summed E-state index contributed by atoms with van der Waals surface area (Å²) >= 11 is 0. The van der Waals surface area contributed by atoms with Gasteiger partial charge in [-0.2, -0.15) is 4.98 Å². The van der Waals surface area contributed by atoms with E-state index in [0.717, 1.165) is 6.42 Å². The van der Waals surface area contributed by atoms with Crippen molar-refractivity contribution in [2.24, 2.45) is 0 Å². The van der Waals surface area contributed by atoms with E-state index in [0.29, 0.717) is 23.4 Å². The van der Waals surface area contributed by atoms with Crippen LogP contribution in [0.25, 0.3) is 11.4 Å². The van der Waals surface area contributed by atoms with Gasteiger partial charge in [-0.25, -0.2) is 4.98 Å². The molecule has 19 heavy (non-hydrogen) atoms. The highest BCUT2D eigenvalue weighted by Gasteiger charge is 2.11. The Bertz CT molecular complexity index is 620. The maximum absolute atomic E-state index is 11.8. The fourth-order valence-electron chi connectivity index (χ4n) is 1.74. The Labute approximate surface area is 110 Å². The quantitative estimate of drug-likeness (QED) is 0.870. The number of methoxy groups -OCH3 is 1. The van der Waals surface area contributed by atoms with Crippen LogP contribution in [0.4, 0.5) is 0 Å². The minimum atomic E-state index is -0.319. The molecule has 0 bridgehead atoms. The lowest BCUT2D eigenvalue weighted by atomic mass is 10.2. The lowest BCUT2D eigenvalue weighted by Crippen LogP contribution is -2.15. The summed E-state index contributed by atoms with van der Waals surface area (Å²) < 4.78 is 4.95. The van der Waals surface area contributed by atoms with Gasteiger partial charge in [-0.05, 0) is 12.5 Å². The van der Waals surface area contributed by atoms with Crippen molar-refractivity contribution < 1.29 is 9.84 Å². The van der Waals surface area contributed by atoms with Crippen LogP contribution in [0.1, 0.15) is 18.9 Å². The molecule has 2 aromatic heterocycles. The molecule has 100 valence electrons. The summed E-state index contributed by atoms with van der Waals surface area (Å²) in [6.45, 7) is 1.93. The monoisotopic (exact) mass is 261 g/mol. The Balaban J connectivity index is 2.42. The summed E-state index contributed by atoms with van der Waals surface area (Å²) in [5.41, 5.74) is 0.601. The highest BCUT2D eigenvalue weighted by Crippen LogP contribution is 2.19. The number of nitrogens with one attached hydrogen (secondary N) is 1. The molecular weight excluding hydrogens is 246 g/mol. The minimum Gasteiger partial charge on any atom is -0.493 e. The number of aromatic hydroxyl groups is 1. The van der Waals surface area contributed by atoms with Crippen LogP contribution in [0.3, 0.4) is 0 Å². The van der Waals surface area contributed by atoms with Gasteiger partial charge < -0.3 is 14.8 Å². The Kier molecular flexibility index (Phi) is 3.79. The van der Waals surface area contributed by atoms with E-state index in [-0.39, 0.29) is 17.3 Å². The van der Waals surface area contributed by atoms with Gasteiger partial charge in [0.15, 0.2) is 0 Å². The number of hydrogen-bond donors (Lipinski definition) is 2. The van der Waals surface area contributed by atoms with E-state index in [9.17, 15) is 9.90 Å². The maximum Gasteiger partial charge on any atom is 0.258 e. The number of ether oxygens (including phenoxy) is 1. The first kappa shape index (κ1) is 13.1. The van der Waals surface area contributed by atoms with E-state index in [4.69, 9.17) is 4.74 Å². The van der Waals surface area contributed by atoms with Gasteiger partial charge in [0.2, 0.25) is 11.8 Å². The summed E-state index contributed by atoms with van der Waals surface area (Å²) in [4.78, 5) is 22.5. The fraction of sp³-hybridized carbons (Fsp3) is 0.308. The number of H-pyrrole nitrogens is 1. The van der Waals surface area contributed by atoms with Gasteiger partial charge in [-0.15, -0.1) is 0 Å². The van der Waals surface area contributed by atoms with E-state index in [1.807, 2.05) is 6.92 Å². The van der Waals surface area contributed by atoms with Crippen LogP contribution in [0.5, 0.6) is 11.8 Å². The highest BCUT2D eigenvalue weighted by molar-refractivity contribution is 5.54. The third-order valence-corrected chi connectivity index (χ3v) is 2.71. The van der Waals surface area contributed by atoms with Crippen LogP contribution >= 0.6 is 0 Å². The number of aromatic nitrogens is 3. The van der Waals surface area contributed by atoms with Crippen LogP contribution in [-0.2, 0) is 6.42 Å². The first-order chi connectivity index (χ1) is 9.15. The normalized spacial score (nSPS) is 10.4. The Morgan fingerprint density at radius 3 is 2.74 bits per heavy atom. The average Bonchev–Trinajstić information content (AvgIpc) is 2.43. The van der Waals surface area contributed by atoms with Crippen molar-refractivity contribution in [3.05, 3.63) is 34.2 Å². The predicted octanol–water partition coefficient (Wildman–Crippen LogP) is 1.50. The molecule has 2 rings (SSSR count). The standard InChI is InChI=1S/C13H15N3O3/c1-3-4-9-12(17)15-11(16-13(9)18)8-5-6-10(19-2)14-7-8/h5-7H,3-4H2,1-2H3,(H2,15,16,17,18). The third kappa shape index (κ3) is 2.73. The summed E-state index contributed by atoms with van der Waals surface area (Å²) in [5.74, 6) is 0.534. The fourth-order valence-corrected chi connectivity index (χ4v) is 1.74. The van der Waals surface area contributed by atoms with Crippen molar-refractivity contribution in [1.82, 2.24) is 15.0 Å². The van der Waals surface area contributed by atoms with Gasteiger partial charge in [0.25, 0.3) is 5.56 Å². The first-order valence-electron chi connectivity index (χ1n) is 5.98. The van der Waals surface area contributed by atoms with Gasteiger partial charge in [0.1, 0.15) is 5.82 Å². The summed E-state index contributed by atoms with van der Waals surface area (Å²) in [7, 11) is 1.52. The molecule has 6 nitrogen and oxygen atoms in total. The van der Waals surface area contributed by atoms with Crippen LogP contribution < -0.4 is 10.3 Å². The molecule has 2 heterocycles. The SMILES string of the molecule is CCCc1c(O)nc(-c2ccc(OC)nc2)[nH]c1=O. The van der Waals surface area contributed by atoms with Gasteiger partial charge in [0, 0.05) is 17.8 Å². The zero-order valence-corrected chi connectivity index (χ0v) is 10.8. The molecule has 0 spiro atoms. The summed E-state index contributed by atoms with van der Waals surface area (Å²) in [5, 5.41) is 9.79. The lowest BCUT2D eigenvalue weighted by Gasteiger charge is -2.05. The van der Waals surface area contributed by atoms with Gasteiger partial charge in [-0.1, -0.05) is 13.3 Å².